The van der Waals surface area contributed by atoms with E-state index in [-0.39, 0.29) is 22.7 Å². The summed E-state index contributed by atoms with van der Waals surface area (Å²) in [6.45, 7) is 7.00. The number of hydrogen-bond acceptors (Lipinski definition) is 6. The second kappa shape index (κ2) is 8.65. The summed E-state index contributed by atoms with van der Waals surface area (Å²) in [7, 11) is 1.46. The lowest BCUT2D eigenvalue weighted by Gasteiger charge is -2.39. The predicted molar refractivity (Wildman–Crippen MR) is 112 cm³/mol. The maximum atomic E-state index is 13.0. The first-order chi connectivity index (χ1) is 13.0. The Morgan fingerprint density at radius 2 is 2.07 bits per heavy atom. The van der Waals surface area contributed by atoms with Gasteiger partial charge in [0, 0.05) is 12.5 Å². The summed E-state index contributed by atoms with van der Waals surface area (Å²) in [5.41, 5.74) is -0.327. The number of methoxy groups -OCH3 is 1. The van der Waals surface area contributed by atoms with Crippen LogP contribution in [0.15, 0.2) is 29.5 Å². The van der Waals surface area contributed by atoms with Crippen molar-refractivity contribution < 1.29 is 24.5 Å². The number of ether oxygens (including phenoxy) is 2. The second-order valence-electron chi connectivity index (χ2n) is 7.42. The normalized spacial score (nSPS) is 18.9. The summed E-state index contributed by atoms with van der Waals surface area (Å²) in [6.07, 6.45) is -1.35. The van der Waals surface area contributed by atoms with Gasteiger partial charge in [-0.2, -0.15) is 0 Å². The van der Waals surface area contributed by atoms with Crippen LogP contribution in [0.5, 0.6) is 5.75 Å². The van der Waals surface area contributed by atoms with E-state index in [0.29, 0.717) is 16.5 Å². The first-order valence-electron chi connectivity index (χ1n) is 8.70. The van der Waals surface area contributed by atoms with E-state index in [2.05, 4.69) is 5.32 Å². The number of carbonyl (C=O) groups excluding carboxylic acids is 1. The zero-order valence-corrected chi connectivity index (χ0v) is 18.0. The molecule has 0 aliphatic carbocycles. The van der Waals surface area contributed by atoms with Gasteiger partial charge < -0.3 is 25.0 Å². The maximum Gasteiger partial charge on any atom is 0.264 e. The van der Waals surface area contributed by atoms with Crippen LogP contribution in [0.25, 0.3) is 0 Å². The summed E-state index contributed by atoms with van der Waals surface area (Å²) in [5.74, 6) is -0.433. The molecular formula is C19H25ClN2O5S. The molecule has 0 saturated carbocycles. The molecular weight excluding hydrogens is 404 g/mol. The summed E-state index contributed by atoms with van der Waals surface area (Å²) < 4.78 is 10.8. The molecule has 1 aromatic rings. The Hall–Kier alpha value is -1.87. The number of carbonyl (C=O) groups is 1. The Balaban J connectivity index is 2.31. The first-order valence-corrected chi connectivity index (χ1v) is 9.49. The molecule has 0 fully saturated rings. The van der Waals surface area contributed by atoms with E-state index in [1.54, 1.807) is 45.9 Å². The molecule has 1 aliphatic heterocycles. The van der Waals surface area contributed by atoms with Gasteiger partial charge in [-0.1, -0.05) is 29.9 Å². The van der Waals surface area contributed by atoms with E-state index in [9.17, 15) is 15.0 Å². The molecule has 7 nitrogen and oxygen atoms in total. The van der Waals surface area contributed by atoms with E-state index in [4.69, 9.17) is 33.3 Å². The van der Waals surface area contributed by atoms with Crippen LogP contribution in [0.2, 0.25) is 5.02 Å². The Morgan fingerprint density at radius 3 is 2.64 bits per heavy atom. The van der Waals surface area contributed by atoms with Gasteiger partial charge in [-0.15, -0.1) is 0 Å². The first kappa shape index (κ1) is 22.4. The summed E-state index contributed by atoms with van der Waals surface area (Å²) in [6, 6.07) is 4.56. The van der Waals surface area contributed by atoms with E-state index >= 15 is 0 Å². The minimum Gasteiger partial charge on any atom is -0.511 e. The van der Waals surface area contributed by atoms with E-state index < -0.39 is 24.0 Å². The SMILES string of the molecule is COc1c(Cl)cccc1NC(=S)C1=C(O)C[C@@H](C)N(C(O)OC(C)(C)C)C1=O. The average molecular weight is 429 g/mol. The van der Waals surface area contributed by atoms with E-state index in [0.717, 1.165) is 4.90 Å². The number of hydrogen-bond donors (Lipinski definition) is 3. The van der Waals surface area contributed by atoms with Gasteiger partial charge >= 0.3 is 0 Å². The number of aliphatic hydroxyl groups is 2. The fourth-order valence-electron chi connectivity index (χ4n) is 2.85. The van der Waals surface area contributed by atoms with Crippen molar-refractivity contribution in [2.75, 3.05) is 12.4 Å². The van der Waals surface area contributed by atoms with Crippen molar-refractivity contribution in [3.8, 4) is 5.75 Å². The lowest BCUT2D eigenvalue weighted by Crippen LogP contribution is -2.53. The third kappa shape index (κ3) is 4.94. The molecule has 28 heavy (non-hydrogen) atoms. The lowest BCUT2D eigenvalue weighted by molar-refractivity contribution is -0.242. The van der Waals surface area contributed by atoms with Crippen LogP contribution in [-0.2, 0) is 9.53 Å². The number of thiocarbonyl (C=S) groups is 1. The van der Waals surface area contributed by atoms with Gasteiger partial charge in [-0.3, -0.25) is 9.69 Å². The van der Waals surface area contributed by atoms with Crippen molar-refractivity contribution in [1.29, 1.82) is 0 Å². The van der Waals surface area contributed by atoms with Crippen molar-refractivity contribution in [2.24, 2.45) is 0 Å². The van der Waals surface area contributed by atoms with Gasteiger partial charge in [0.2, 0.25) is 6.41 Å². The molecule has 0 bridgehead atoms. The Bertz CT molecular complexity index is 806. The molecule has 2 atom stereocenters. The van der Waals surface area contributed by atoms with E-state index in [1.807, 2.05) is 0 Å². The van der Waals surface area contributed by atoms with Gasteiger partial charge in [0.15, 0.2) is 5.75 Å². The van der Waals surface area contributed by atoms with Crippen LogP contribution in [0.1, 0.15) is 34.1 Å². The van der Waals surface area contributed by atoms with E-state index in [1.165, 1.54) is 7.11 Å². The second-order valence-corrected chi connectivity index (χ2v) is 8.23. The molecule has 0 saturated heterocycles. The van der Waals surface area contributed by atoms with Crippen LogP contribution < -0.4 is 10.1 Å². The number of para-hydroxylation sites is 1. The minimum atomic E-state index is -1.48. The molecule has 0 spiro atoms. The molecule has 0 radical (unpaired) electrons. The standard InChI is InChI=1S/C19H25ClN2O5S/c1-10-9-13(23)14(17(24)22(10)18(25)27-19(2,3)4)16(28)21-12-8-6-7-11(20)15(12)26-5/h6-8,10,18,23,25H,9H2,1-5H3,(H,21,28)/t10-,18?/m1/s1. The Morgan fingerprint density at radius 1 is 1.43 bits per heavy atom. The highest BCUT2D eigenvalue weighted by Gasteiger charge is 2.39. The maximum absolute atomic E-state index is 13.0. The molecule has 1 heterocycles. The number of aliphatic hydroxyl groups excluding tert-OH is 2. The topological polar surface area (TPSA) is 91.3 Å². The number of rotatable bonds is 5. The number of nitrogens with one attached hydrogen (secondary N) is 1. The van der Waals surface area contributed by atoms with Gasteiger partial charge in [0.25, 0.3) is 5.91 Å². The predicted octanol–water partition coefficient (Wildman–Crippen LogP) is 3.61. The van der Waals surface area contributed by atoms with Gasteiger partial charge in [0.1, 0.15) is 16.3 Å². The molecule has 2 rings (SSSR count). The number of anilines is 1. The zero-order valence-electron chi connectivity index (χ0n) is 16.4. The van der Waals surface area contributed by atoms with Crippen LogP contribution >= 0.6 is 23.8 Å². The Kier molecular flexibility index (Phi) is 6.93. The fraction of sp³-hybridized carbons (Fsp3) is 0.474. The van der Waals surface area contributed by atoms with Crippen molar-refractivity contribution in [3.05, 3.63) is 34.6 Å². The van der Waals surface area contributed by atoms with Crippen LogP contribution in [0.3, 0.4) is 0 Å². The highest BCUT2D eigenvalue weighted by Crippen LogP contribution is 2.34. The number of nitrogens with zero attached hydrogens (tertiary/aromatic N) is 1. The van der Waals surface area contributed by atoms with Crippen molar-refractivity contribution in [2.45, 2.75) is 52.2 Å². The summed E-state index contributed by atoms with van der Waals surface area (Å²) in [4.78, 5) is 14.2. The van der Waals surface area contributed by atoms with Gasteiger partial charge in [-0.05, 0) is 39.8 Å². The summed E-state index contributed by atoms with van der Waals surface area (Å²) >= 11 is 11.5. The smallest absolute Gasteiger partial charge is 0.264 e. The quantitative estimate of drug-likeness (QED) is 0.487. The highest BCUT2D eigenvalue weighted by molar-refractivity contribution is 7.81. The third-order valence-corrected chi connectivity index (χ3v) is 4.65. The highest BCUT2D eigenvalue weighted by atomic mass is 35.5. The average Bonchev–Trinajstić information content (AvgIpc) is 2.52. The number of benzene rings is 1. The van der Waals surface area contributed by atoms with Gasteiger partial charge in [-0.25, -0.2) is 0 Å². The van der Waals surface area contributed by atoms with Gasteiger partial charge in [0.05, 0.1) is 23.4 Å². The van der Waals surface area contributed by atoms with Crippen LogP contribution in [-0.4, -0.2) is 51.2 Å². The monoisotopic (exact) mass is 428 g/mol. The molecule has 1 unspecified atom stereocenters. The number of amides is 1. The minimum absolute atomic E-state index is 0.0112. The van der Waals surface area contributed by atoms with Crippen molar-refractivity contribution >= 4 is 40.4 Å². The van der Waals surface area contributed by atoms with Crippen molar-refractivity contribution in [3.63, 3.8) is 0 Å². The zero-order chi connectivity index (χ0) is 21.2. The summed E-state index contributed by atoms with van der Waals surface area (Å²) in [5, 5.41) is 24.1. The molecule has 3 N–H and O–H groups in total. The molecule has 0 aromatic heterocycles. The molecule has 9 heteroatoms. The molecule has 1 aromatic carbocycles. The lowest BCUT2D eigenvalue weighted by atomic mass is 10.0. The van der Waals surface area contributed by atoms with Crippen LogP contribution in [0, 0.1) is 0 Å². The molecule has 1 aliphatic rings. The van der Waals surface area contributed by atoms with Crippen molar-refractivity contribution in [1.82, 2.24) is 4.90 Å². The largest absolute Gasteiger partial charge is 0.511 e. The Labute approximate surface area is 174 Å². The molecule has 1 amide bonds. The number of halogens is 1. The third-order valence-electron chi connectivity index (χ3n) is 4.04. The van der Waals surface area contributed by atoms with Crippen LogP contribution in [0.4, 0.5) is 5.69 Å². The fourth-order valence-corrected chi connectivity index (χ4v) is 3.42. The molecule has 154 valence electrons.